The van der Waals surface area contributed by atoms with Gasteiger partial charge in [-0.3, -0.25) is 4.79 Å². The smallest absolute Gasteiger partial charge is 0.194 e. The summed E-state index contributed by atoms with van der Waals surface area (Å²) in [5, 5.41) is 22.7. The Labute approximate surface area is 152 Å². The molecule has 1 aliphatic rings. The standard InChI is InChI=1S/C21H9BrN2O/c22-9-19-20(16(10-23)11-24)17-7-14-5-12-3-1-2-4-13(12)6-15(14)8-18(17)21(19)25/h1-9H/b19-9-. The molecule has 0 heterocycles. The molecule has 0 unspecified atom stereocenters. The molecule has 0 bridgehead atoms. The van der Waals surface area contributed by atoms with Crippen molar-refractivity contribution in [2.45, 2.75) is 0 Å². The average molecular weight is 385 g/mol. The molecule has 4 rings (SSSR count). The quantitative estimate of drug-likeness (QED) is 0.301. The molecule has 0 aliphatic heterocycles. The predicted molar refractivity (Wildman–Crippen MR) is 101 cm³/mol. The van der Waals surface area contributed by atoms with Crippen molar-refractivity contribution in [1.82, 2.24) is 0 Å². The van der Waals surface area contributed by atoms with Gasteiger partial charge in [0.15, 0.2) is 5.78 Å². The van der Waals surface area contributed by atoms with Crippen LogP contribution in [0.2, 0.25) is 0 Å². The lowest BCUT2D eigenvalue weighted by atomic mass is 9.96. The molecular formula is C21H9BrN2O. The Hall–Kier alpha value is -3.21. The van der Waals surface area contributed by atoms with Gasteiger partial charge in [-0.15, -0.1) is 0 Å². The maximum atomic E-state index is 12.7. The number of Topliss-reactive ketones (excluding diaryl/α,β-unsaturated/α-hetero) is 1. The lowest BCUT2D eigenvalue weighted by Gasteiger charge is -2.06. The summed E-state index contributed by atoms with van der Waals surface area (Å²) in [5.41, 5.74) is 1.84. The van der Waals surface area contributed by atoms with Crippen LogP contribution in [0.3, 0.4) is 0 Å². The van der Waals surface area contributed by atoms with Crippen LogP contribution in [0.25, 0.3) is 27.1 Å². The van der Waals surface area contributed by atoms with Crippen LogP contribution in [0.15, 0.2) is 64.7 Å². The summed E-state index contributed by atoms with van der Waals surface area (Å²) < 4.78 is 0. The van der Waals surface area contributed by atoms with Crippen molar-refractivity contribution in [3.05, 3.63) is 75.8 Å². The Bertz CT molecular complexity index is 1220. The largest absolute Gasteiger partial charge is 0.289 e. The molecule has 4 heteroatoms. The van der Waals surface area contributed by atoms with Crippen molar-refractivity contribution >= 4 is 48.8 Å². The molecule has 0 atom stereocenters. The van der Waals surface area contributed by atoms with Crippen LogP contribution < -0.4 is 0 Å². The maximum absolute atomic E-state index is 12.7. The van der Waals surface area contributed by atoms with Gasteiger partial charge in [0.25, 0.3) is 0 Å². The molecule has 1 aliphatic carbocycles. The first kappa shape index (κ1) is 15.3. The first-order chi connectivity index (χ1) is 12.2. The second-order valence-electron chi connectivity index (χ2n) is 5.77. The third-order valence-electron chi connectivity index (χ3n) is 4.45. The molecule has 0 saturated carbocycles. The van der Waals surface area contributed by atoms with Crippen LogP contribution in [0.5, 0.6) is 0 Å². The molecular weight excluding hydrogens is 376 g/mol. The van der Waals surface area contributed by atoms with E-state index in [1.807, 2.05) is 54.6 Å². The van der Waals surface area contributed by atoms with Crippen LogP contribution in [-0.2, 0) is 0 Å². The lowest BCUT2D eigenvalue weighted by molar-refractivity contribution is 0.104. The molecule has 0 fully saturated rings. The highest BCUT2D eigenvalue weighted by Gasteiger charge is 2.32. The van der Waals surface area contributed by atoms with Gasteiger partial charge in [-0.25, -0.2) is 0 Å². The normalized spacial score (nSPS) is 14.6. The van der Waals surface area contributed by atoms with Gasteiger partial charge < -0.3 is 0 Å². The Balaban J connectivity index is 2.13. The monoisotopic (exact) mass is 384 g/mol. The number of ketones is 1. The van der Waals surface area contributed by atoms with Gasteiger partial charge >= 0.3 is 0 Å². The van der Waals surface area contributed by atoms with E-state index in [9.17, 15) is 15.3 Å². The molecule has 0 aromatic heterocycles. The number of rotatable bonds is 0. The van der Waals surface area contributed by atoms with E-state index in [-0.39, 0.29) is 11.4 Å². The number of allylic oxidation sites excluding steroid dienone is 3. The number of hydrogen-bond acceptors (Lipinski definition) is 3. The number of hydrogen-bond donors (Lipinski definition) is 0. The van der Waals surface area contributed by atoms with E-state index in [2.05, 4.69) is 22.0 Å². The summed E-state index contributed by atoms with van der Waals surface area (Å²) in [4.78, 5) is 14.2. The fraction of sp³-hybridized carbons (Fsp3) is 0. The van der Waals surface area contributed by atoms with E-state index in [1.165, 1.54) is 4.99 Å². The highest BCUT2D eigenvalue weighted by atomic mass is 79.9. The molecule has 3 nitrogen and oxygen atoms in total. The number of fused-ring (bicyclic) bond motifs is 3. The van der Waals surface area contributed by atoms with E-state index in [0.29, 0.717) is 22.3 Å². The minimum Gasteiger partial charge on any atom is -0.289 e. The number of carbonyl (C=O) groups excluding carboxylic acids is 1. The van der Waals surface area contributed by atoms with Crippen LogP contribution in [0, 0.1) is 22.7 Å². The SMILES string of the molecule is N#CC(C#N)=C1/C(=C/Br)C(=O)c2cc3cc4ccccc4cc3cc21. The van der Waals surface area contributed by atoms with Crippen LogP contribution in [0.1, 0.15) is 15.9 Å². The summed E-state index contributed by atoms with van der Waals surface area (Å²) in [5.74, 6) is -0.181. The Kier molecular flexibility index (Phi) is 3.50. The minimum absolute atomic E-state index is 0.0575. The van der Waals surface area contributed by atoms with Crippen molar-refractivity contribution in [3.8, 4) is 12.1 Å². The number of benzene rings is 3. The topological polar surface area (TPSA) is 64.7 Å². The zero-order chi connectivity index (χ0) is 17.6. The van der Waals surface area contributed by atoms with Gasteiger partial charge in [-0.2, -0.15) is 10.5 Å². The summed E-state index contributed by atoms with van der Waals surface area (Å²) >= 11 is 3.20. The summed E-state index contributed by atoms with van der Waals surface area (Å²) in [6.45, 7) is 0. The first-order valence-corrected chi connectivity index (χ1v) is 8.46. The number of nitrogens with zero attached hydrogens (tertiary/aromatic N) is 2. The molecule has 3 aromatic rings. The van der Waals surface area contributed by atoms with E-state index in [4.69, 9.17) is 0 Å². The highest BCUT2D eigenvalue weighted by molar-refractivity contribution is 9.11. The Morgan fingerprint density at radius 3 is 1.96 bits per heavy atom. The van der Waals surface area contributed by atoms with Gasteiger partial charge in [-0.1, -0.05) is 40.2 Å². The molecule has 0 saturated heterocycles. The van der Waals surface area contributed by atoms with E-state index in [1.54, 1.807) is 0 Å². The average Bonchev–Trinajstić information content (AvgIpc) is 2.91. The fourth-order valence-electron chi connectivity index (χ4n) is 3.30. The molecule has 0 radical (unpaired) electrons. The van der Waals surface area contributed by atoms with Gasteiger partial charge in [0, 0.05) is 16.7 Å². The fourth-order valence-corrected chi connectivity index (χ4v) is 3.74. The van der Waals surface area contributed by atoms with Crippen LogP contribution in [0.4, 0.5) is 0 Å². The summed E-state index contributed by atoms with van der Waals surface area (Å²) in [7, 11) is 0. The van der Waals surface area contributed by atoms with Gasteiger partial charge in [0.1, 0.15) is 17.7 Å². The van der Waals surface area contributed by atoms with Crippen LogP contribution >= 0.6 is 15.9 Å². The van der Waals surface area contributed by atoms with Gasteiger partial charge in [-0.05, 0) is 56.4 Å². The number of nitriles is 2. The van der Waals surface area contributed by atoms with Gasteiger partial charge in [0.2, 0.25) is 0 Å². The lowest BCUT2D eigenvalue weighted by Crippen LogP contribution is -1.94. The molecule has 0 spiro atoms. The Morgan fingerprint density at radius 1 is 0.880 bits per heavy atom. The van der Waals surface area contributed by atoms with Crippen molar-refractivity contribution < 1.29 is 4.79 Å². The van der Waals surface area contributed by atoms with Crippen molar-refractivity contribution in [3.63, 3.8) is 0 Å². The predicted octanol–water partition coefficient (Wildman–Crippen LogP) is 5.27. The van der Waals surface area contributed by atoms with Crippen LogP contribution in [-0.4, -0.2) is 5.78 Å². The zero-order valence-corrected chi connectivity index (χ0v) is 14.5. The van der Waals surface area contributed by atoms with E-state index >= 15 is 0 Å². The molecule has 0 amide bonds. The third kappa shape index (κ3) is 2.20. The molecule has 0 N–H and O–H groups in total. The second-order valence-corrected chi connectivity index (χ2v) is 6.23. The third-order valence-corrected chi connectivity index (χ3v) is 4.91. The molecule has 25 heavy (non-hydrogen) atoms. The zero-order valence-electron chi connectivity index (χ0n) is 12.9. The van der Waals surface area contributed by atoms with Crippen molar-refractivity contribution in [2.75, 3.05) is 0 Å². The minimum atomic E-state index is -0.181. The first-order valence-electron chi connectivity index (χ1n) is 7.54. The maximum Gasteiger partial charge on any atom is 0.194 e. The second kappa shape index (κ2) is 5.70. The van der Waals surface area contributed by atoms with Crippen molar-refractivity contribution in [1.29, 1.82) is 10.5 Å². The Morgan fingerprint density at radius 2 is 1.44 bits per heavy atom. The summed E-state index contributed by atoms with van der Waals surface area (Å²) in [6, 6.07) is 19.7. The number of halogens is 1. The number of carbonyl (C=O) groups is 1. The molecule has 3 aromatic carbocycles. The van der Waals surface area contributed by atoms with Crippen molar-refractivity contribution in [2.24, 2.45) is 0 Å². The highest BCUT2D eigenvalue weighted by Crippen LogP contribution is 2.41. The summed E-state index contributed by atoms with van der Waals surface area (Å²) in [6.07, 6.45) is 0. The van der Waals surface area contributed by atoms with E-state index in [0.717, 1.165) is 21.5 Å². The molecule has 116 valence electrons. The van der Waals surface area contributed by atoms with Gasteiger partial charge in [0.05, 0.1) is 0 Å². The van der Waals surface area contributed by atoms with E-state index < -0.39 is 0 Å².